The van der Waals surface area contributed by atoms with Gasteiger partial charge in [0, 0.05) is 31.4 Å². The highest BCUT2D eigenvalue weighted by Gasteiger charge is 2.16. The minimum Gasteiger partial charge on any atom is -0.369 e. The summed E-state index contributed by atoms with van der Waals surface area (Å²) in [4.78, 5) is 20.3. The summed E-state index contributed by atoms with van der Waals surface area (Å²) in [7, 11) is 0. The molecular weight excluding hydrogens is 386 g/mol. The Morgan fingerprint density at radius 3 is 2.42 bits per heavy atom. The number of nitrogens with zero attached hydrogens (tertiary/aromatic N) is 3. The molecule has 6 heteroatoms. The van der Waals surface area contributed by atoms with Gasteiger partial charge in [-0.25, -0.2) is 9.97 Å². The van der Waals surface area contributed by atoms with Crippen LogP contribution in [0, 0.1) is 13.8 Å². The molecule has 0 aliphatic heterocycles. The highest BCUT2D eigenvalue weighted by atomic mass is 16.1. The first-order valence-corrected chi connectivity index (χ1v) is 10.5. The molecule has 6 nitrogen and oxygen atoms in total. The summed E-state index contributed by atoms with van der Waals surface area (Å²) in [6.45, 7) is 7.33. The zero-order valence-corrected chi connectivity index (χ0v) is 18.1. The molecule has 0 fully saturated rings. The Balaban J connectivity index is 1.51. The Morgan fingerprint density at radius 1 is 0.968 bits per heavy atom. The van der Waals surface area contributed by atoms with Crippen molar-refractivity contribution in [2.45, 2.75) is 33.7 Å². The maximum absolute atomic E-state index is 11.2. The van der Waals surface area contributed by atoms with Crippen molar-refractivity contribution in [3.05, 3.63) is 83.3 Å². The van der Waals surface area contributed by atoms with Crippen LogP contribution in [0.15, 0.2) is 60.9 Å². The van der Waals surface area contributed by atoms with Crippen LogP contribution in [0.2, 0.25) is 0 Å². The third-order valence-corrected chi connectivity index (χ3v) is 5.57. The van der Waals surface area contributed by atoms with Crippen molar-refractivity contribution >= 4 is 28.4 Å². The zero-order valence-electron chi connectivity index (χ0n) is 18.1. The summed E-state index contributed by atoms with van der Waals surface area (Å²) < 4.78 is 2.26. The summed E-state index contributed by atoms with van der Waals surface area (Å²) in [6, 6.07) is 18.4. The van der Waals surface area contributed by atoms with Crippen molar-refractivity contribution in [1.82, 2.24) is 14.5 Å². The van der Waals surface area contributed by atoms with Crippen molar-refractivity contribution in [2.75, 3.05) is 17.2 Å². The van der Waals surface area contributed by atoms with Crippen LogP contribution in [0.3, 0.4) is 0 Å². The van der Waals surface area contributed by atoms with Crippen molar-refractivity contribution in [3.8, 4) is 0 Å². The summed E-state index contributed by atoms with van der Waals surface area (Å²) >= 11 is 0. The van der Waals surface area contributed by atoms with E-state index in [0.29, 0.717) is 0 Å². The predicted octanol–water partition coefficient (Wildman–Crippen LogP) is 4.71. The molecule has 2 aromatic heterocycles. The van der Waals surface area contributed by atoms with E-state index in [-0.39, 0.29) is 5.91 Å². The minimum atomic E-state index is -0.0629. The minimum absolute atomic E-state index is 0.0629. The molecule has 2 heterocycles. The molecule has 1 amide bonds. The Kier molecular flexibility index (Phi) is 5.98. The molecule has 0 aliphatic rings. The van der Waals surface area contributed by atoms with E-state index >= 15 is 0 Å². The number of carbonyl (C=O) groups excluding carboxylic acids is 1. The fraction of sp³-hybridized carbons (Fsp3) is 0.240. The standard InChI is InChI=1S/C25H27N5O/c1-17-18(2)30(15-21-7-5-4-6-8-21)25-23(17)24(27-16-28-25)26-14-13-20-9-11-22(12-10-20)29-19(3)31/h4-12,16H,13-15H2,1-3H3,(H,29,31)(H,26,27,28). The van der Waals surface area contributed by atoms with E-state index in [4.69, 9.17) is 0 Å². The van der Waals surface area contributed by atoms with Crippen molar-refractivity contribution < 1.29 is 4.79 Å². The van der Waals surface area contributed by atoms with E-state index in [1.54, 1.807) is 6.33 Å². The van der Waals surface area contributed by atoms with E-state index in [1.807, 2.05) is 30.3 Å². The number of carbonyl (C=O) groups is 1. The smallest absolute Gasteiger partial charge is 0.221 e. The van der Waals surface area contributed by atoms with Crippen LogP contribution in [0.4, 0.5) is 11.5 Å². The van der Waals surface area contributed by atoms with Gasteiger partial charge in [0.05, 0.1) is 5.39 Å². The second-order valence-electron chi connectivity index (χ2n) is 7.76. The molecular formula is C25H27N5O. The summed E-state index contributed by atoms with van der Waals surface area (Å²) in [6.07, 6.45) is 2.49. The maximum atomic E-state index is 11.2. The quantitative estimate of drug-likeness (QED) is 0.460. The van der Waals surface area contributed by atoms with E-state index in [9.17, 15) is 4.79 Å². The first-order chi connectivity index (χ1) is 15.0. The summed E-state index contributed by atoms with van der Waals surface area (Å²) in [5.74, 6) is 0.805. The Bertz CT molecular complexity index is 1200. The molecule has 158 valence electrons. The van der Waals surface area contributed by atoms with Gasteiger partial charge in [0.25, 0.3) is 0 Å². The van der Waals surface area contributed by atoms with E-state index in [1.165, 1.54) is 29.3 Å². The van der Waals surface area contributed by atoms with E-state index in [0.717, 1.165) is 42.0 Å². The first-order valence-electron chi connectivity index (χ1n) is 10.5. The SMILES string of the molecule is CC(=O)Nc1ccc(CCNc2ncnc3c2c(C)c(C)n3Cc2ccccc2)cc1. The molecule has 0 aliphatic carbocycles. The number of aryl methyl sites for hydroxylation is 1. The second-order valence-corrected chi connectivity index (χ2v) is 7.76. The normalized spacial score (nSPS) is 10.9. The third-order valence-electron chi connectivity index (χ3n) is 5.57. The van der Waals surface area contributed by atoms with Crippen molar-refractivity contribution in [1.29, 1.82) is 0 Å². The predicted molar refractivity (Wildman–Crippen MR) is 125 cm³/mol. The van der Waals surface area contributed by atoms with Gasteiger partial charge >= 0.3 is 0 Å². The molecule has 0 saturated carbocycles. The number of aromatic nitrogens is 3. The molecule has 4 aromatic rings. The van der Waals surface area contributed by atoms with Gasteiger partial charge in [0.1, 0.15) is 17.8 Å². The number of fused-ring (bicyclic) bond motifs is 1. The van der Waals surface area contributed by atoms with Gasteiger partial charge in [0.2, 0.25) is 5.91 Å². The number of rotatable bonds is 7. The lowest BCUT2D eigenvalue weighted by molar-refractivity contribution is -0.114. The van der Waals surface area contributed by atoms with Gasteiger partial charge in [-0.15, -0.1) is 0 Å². The second kappa shape index (κ2) is 9.00. The van der Waals surface area contributed by atoms with Gasteiger partial charge in [-0.05, 0) is 49.1 Å². The molecule has 31 heavy (non-hydrogen) atoms. The molecule has 0 unspecified atom stereocenters. The number of benzene rings is 2. The molecule has 0 atom stereocenters. The highest BCUT2D eigenvalue weighted by Crippen LogP contribution is 2.29. The Morgan fingerprint density at radius 2 is 1.71 bits per heavy atom. The largest absolute Gasteiger partial charge is 0.369 e. The first kappa shape index (κ1) is 20.6. The maximum Gasteiger partial charge on any atom is 0.221 e. The zero-order chi connectivity index (χ0) is 21.8. The van der Waals surface area contributed by atoms with Gasteiger partial charge < -0.3 is 15.2 Å². The highest BCUT2D eigenvalue weighted by molar-refractivity contribution is 5.92. The van der Waals surface area contributed by atoms with Crippen LogP contribution in [0.5, 0.6) is 0 Å². The fourth-order valence-electron chi connectivity index (χ4n) is 3.85. The molecule has 0 spiro atoms. The molecule has 2 aromatic carbocycles. The van der Waals surface area contributed by atoms with Crippen LogP contribution in [-0.2, 0) is 17.8 Å². The van der Waals surface area contributed by atoms with Crippen molar-refractivity contribution in [3.63, 3.8) is 0 Å². The molecule has 0 saturated heterocycles. The monoisotopic (exact) mass is 413 g/mol. The molecule has 4 rings (SSSR count). The molecule has 0 bridgehead atoms. The Labute approximate surface area is 182 Å². The topological polar surface area (TPSA) is 71.8 Å². The Hall–Kier alpha value is -3.67. The van der Waals surface area contributed by atoms with Gasteiger partial charge in [0.15, 0.2) is 0 Å². The number of amides is 1. The lowest BCUT2D eigenvalue weighted by Gasteiger charge is -2.09. The number of hydrogen-bond acceptors (Lipinski definition) is 4. The van der Waals surface area contributed by atoms with Crippen LogP contribution < -0.4 is 10.6 Å². The van der Waals surface area contributed by atoms with Crippen molar-refractivity contribution in [2.24, 2.45) is 0 Å². The fourth-order valence-corrected chi connectivity index (χ4v) is 3.85. The van der Waals surface area contributed by atoms with Crippen LogP contribution in [0.1, 0.15) is 29.3 Å². The van der Waals surface area contributed by atoms with Crippen LogP contribution in [0.25, 0.3) is 11.0 Å². The van der Waals surface area contributed by atoms with Gasteiger partial charge in [-0.3, -0.25) is 4.79 Å². The summed E-state index contributed by atoms with van der Waals surface area (Å²) in [5.41, 5.74) is 6.62. The third kappa shape index (κ3) is 4.58. The lowest BCUT2D eigenvalue weighted by atomic mass is 10.1. The molecule has 0 radical (unpaired) electrons. The summed E-state index contributed by atoms with van der Waals surface area (Å²) in [5, 5.41) is 7.37. The van der Waals surface area contributed by atoms with E-state index < -0.39 is 0 Å². The lowest BCUT2D eigenvalue weighted by Crippen LogP contribution is -2.08. The average molecular weight is 414 g/mol. The van der Waals surface area contributed by atoms with Crippen LogP contribution in [-0.4, -0.2) is 27.0 Å². The number of hydrogen-bond donors (Lipinski definition) is 2. The van der Waals surface area contributed by atoms with Gasteiger partial charge in [-0.1, -0.05) is 42.5 Å². The molecule has 2 N–H and O–H groups in total. The van der Waals surface area contributed by atoms with Gasteiger partial charge in [-0.2, -0.15) is 0 Å². The van der Waals surface area contributed by atoms with E-state index in [2.05, 4.69) is 63.3 Å². The number of nitrogens with one attached hydrogen (secondary N) is 2. The number of anilines is 2. The van der Waals surface area contributed by atoms with Crippen LogP contribution >= 0.6 is 0 Å². The average Bonchev–Trinajstić information content (AvgIpc) is 3.01.